The Balaban J connectivity index is 1.74. The van der Waals surface area contributed by atoms with Crippen LogP contribution in [0.1, 0.15) is 10.6 Å². The molecule has 0 fully saturated rings. The average molecular weight is 353 g/mol. The highest BCUT2D eigenvalue weighted by molar-refractivity contribution is 7.19. The second-order valence-corrected chi connectivity index (χ2v) is 7.61. The standard InChI is InChI=1S/C20H20FN3S/c1-23(2)9-10-24-13-15(11-14-7-8-16(21)12-18(14)24)20-22-17-5-3-4-6-19(17)25-20/h3-8,11-12H,9-10,13H2,1-2H3. The van der Waals surface area contributed by atoms with Gasteiger partial charge in [0, 0.05) is 30.9 Å². The molecule has 1 aromatic heterocycles. The van der Waals surface area contributed by atoms with Gasteiger partial charge in [-0.15, -0.1) is 11.3 Å². The van der Waals surface area contributed by atoms with Crippen molar-refractivity contribution in [1.29, 1.82) is 0 Å². The first-order chi connectivity index (χ1) is 12.1. The first kappa shape index (κ1) is 16.2. The average Bonchev–Trinajstić information content (AvgIpc) is 3.03. The van der Waals surface area contributed by atoms with Gasteiger partial charge in [0.1, 0.15) is 10.8 Å². The van der Waals surface area contributed by atoms with Crippen molar-refractivity contribution in [2.45, 2.75) is 0 Å². The first-order valence-electron chi connectivity index (χ1n) is 8.36. The molecule has 0 radical (unpaired) electrons. The van der Waals surface area contributed by atoms with Gasteiger partial charge in [0.15, 0.2) is 0 Å². The minimum atomic E-state index is -0.189. The molecule has 0 bridgehead atoms. The van der Waals surface area contributed by atoms with E-state index in [0.29, 0.717) is 0 Å². The maximum Gasteiger partial charge on any atom is 0.125 e. The van der Waals surface area contributed by atoms with Gasteiger partial charge in [-0.3, -0.25) is 0 Å². The minimum absolute atomic E-state index is 0.189. The lowest BCUT2D eigenvalue weighted by atomic mass is 10.0. The maximum atomic E-state index is 13.8. The van der Waals surface area contributed by atoms with Crippen molar-refractivity contribution in [2.24, 2.45) is 0 Å². The van der Waals surface area contributed by atoms with Crippen molar-refractivity contribution >= 4 is 38.9 Å². The van der Waals surface area contributed by atoms with Crippen LogP contribution < -0.4 is 4.90 Å². The molecule has 0 amide bonds. The number of benzene rings is 2. The molecule has 0 saturated carbocycles. The van der Waals surface area contributed by atoms with E-state index in [-0.39, 0.29) is 5.82 Å². The zero-order chi connectivity index (χ0) is 17.4. The number of hydrogen-bond acceptors (Lipinski definition) is 4. The smallest absolute Gasteiger partial charge is 0.125 e. The molecule has 3 nitrogen and oxygen atoms in total. The van der Waals surface area contributed by atoms with Crippen LogP contribution in [0.25, 0.3) is 21.9 Å². The van der Waals surface area contributed by atoms with Crippen molar-refractivity contribution < 1.29 is 4.39 Å². The fraction of sp³-hybridized carbons (Fsp3) is 0.250. The molecule has 0 N–H and O–H groups in total. The molecule has 5 heteroatoms. The van der Waals surface area contributed by atoms with E-state index >= 15 is 0 Å². The van der Waals surface area contributed by atoms with E-state index in [1.807, 2.05) is 24.3 Å². The van der Waals surface area contributed by atoms with Gasteiger partial charge in [0.25, 0.3) is 0 Å². The van der Waals surface area contributed by atoms with E-state index in [0.717, 1.165) is 41.4 Å². The quantitative estimate of drug-likeness (QED) is 0.695. The van der Waals surface area contributed by atoms with Crippen LogP contribution in [0.4, 0.5) is 10.1 Å². The summed E-state index contributed by atoms with van der Waals surface area (Å²) in [5.74, 6) is -0.189. The highest BCUT2D eigenvalue weighted by atomic mass is 32.1. The van der Waals surface area contributed by atoms with Crippen molar-refractivity contribution in [3.63, 3.8) is 0 Å². The Kier molecular flexibility index (Phi) is 4.27. The number of halogens is 1. The highest BCUT2D eigenvalue weighted by Crippen LogP contribution is 2.35. The fourth-order valence-electron chi connectivity index (χ4n) is 3.10. The number of hydrogen-bond donors (Lipinski definition) is 0. The summed E-state index contributed by atoms with van der Waals surface area (Å²) in [5, 5.41) is 1.05. The lowest BCUT2D eigenvalue weighted by Gasteiger charge is -2.31. The number of rotatable bonds is 4. The van der Waals surface area contributed by atoms with Crippen LogP contribution in [0, 0.1) is 5.82 Å². The zero-order valence-corrected chi connectivity index (χ0v) is 15.2. The van der Waals surface area contributed by atoms with Gasteiger partial charge in [-0.25, -0.2) is 9.37 Å². The Bertz CT molecular complexity index is 912. The van der Waals surface area contributed by atoms with Crippen LogP contribution in [-0.2, 0) is 0 Å². The van der Waals surface area contributed by atoms with Gasteiger partial charge in [-0.1, -0.05) is 12.1 Å². The topological polar surface area (TPSA) is 19.4 Å². The molecule has 4 rings (SSSR count). The van der Waals surface area contributed by atoms with Crippen molar-refractivity contribution in [3.8, 4) is 0 Å². The predicted molar refractivity (Wildman–Crippen MR) is 105 cm³/mol. The van der Waals surface area contributed by atoms with Crippen LogP contribution in [0.2, 0.25) is 0 Å². The Morgan fingerprint density at radius 3 is 2.84 bits per heavy atom. The third-order valence-corrected chi connectivity index (χ3v) is 5.52. The van der Waals surface area contributed by atoms with Gasteiger partial charge in [0.2, 0.25) is 0 Å². The third kappa shape index (κ3) is 3.30. The molecule has 0 spiro atoms. The monoisotopic (exact) mass is 353 g/mol. The van der Waals surface area contributed by atoms with E-state index in [1.165, 1.54) is 16.3 Å². The van der Waals surface area contributed by atoms with E-state index in [4.69, 9.17) is 4.98 Å². The number of nitrogens with zero attached hydrogens (tertiary/aromatic N) is 3. The first-order valence-corrected chi connectivity index (χ1v) is 9.17. The maximum absolute atomic E-state index is 13.8. The predicted octanol–water partition coefficient (Wildman–Crippen LogP) is 4.36. The summed E-state index contributed by atoms with van der Waals surface area (Å²) in [6.45, 7) is 2.53. The molecule has 25 heavy (non-hydrogen) atoms. The lowest BCUT2D eigenvalue weighted by Crippen LogP contribution is -2.34. The van der Waals surface area contributed by atoms with Gasteiger partial charge in [-0.2, -0.15) is 0 Å². The summed E-state index contributed by atoms with van der Waals surface area (Å²) in [6.07, 6.45) is 2.15. The van der Waals surface area contributed by atoms with Gasteiger partial charge >= 0.3 is 0 Å². The van der Waals surface area contributed by atoms with E-state index in [9.17, 15) is 4.39 Å². The number of thiazole rings is 1. The second-order valence-electron chi connectivity index (χ2n) is 6.58. The molecule has 2 heterocycles. The van der Waals surface area contributed by atoms with Crippen LogP contribution >= 0.6 is 11.3 Å². The van der Waals surface area contributed by atoms with Crippen LogP contribution in [0.5, 0.6) is 0 Å². The van der Waals surface area contributed by atoms with Gasteiger partial charge in [0.05, 0.1) is 10.2 Å². The molecule has 0 saturated heterocycles. The minimum Gasteiger partial charge on any atom is -0.365 e. The number of likely N-dealkylation sites (N-methyl/N-ethyl adjacent to an activating group) is 1. The number of anilines is 1. The summed E-state index contributed by atoms with van der Waals surface area (Å²) in [4.78, 5) is 9.19. The zero-order valence-electron chi connectivity index (χ0n) is 14.4. The van der Waals surface area contributed by atoms with E-state index in [1.54, 1.807) is 17.4 Å². The molecule has 1 aliphatic heterocycles. The molecule has 1 aliphatic rings. The second kappa shape index (κ2) is 6.58. The van der Waals surface area contributed by atoms with Crippen LogP contribution in [-0.4, -0.2) is 43.6 Å². The van der Waals surface area contributed by atoms with E-state index < -0.39 is 0 Å². The van der Waals surface area contributed by atoms with Crippen LogP contribution in [0.15, 0.2) is 42.5 Å². The summed E-state index contributed by atoms with van der Waals surface area (Å²) in [7, 11) is 4.11. The molecular formula is C20H20FN3S. The summed E-state index contributed by atoms with van der Waals surface area (Å²) in [5.41, 5.74) is 4.25. The summed E-state index contributed by atoms with van der Waals surface area (Å²) in [6, 6.07) is 13.2. The fourth-order valence-corrected chi connectivity index (χ4v) is 4.07. The summed E-state index contributed by atoms with van der Waals surface area (Å²) < 4.78 is 15.0. The Hall–Kier alpha value is -2.24. The molecule has 0 aliphatic carbocycles. The number of para-hydroxylation sites is 1. The number of aromatic nitrogens is 1. The van der Waals surface area contributed by atoms with Crippen LogP contribution in [0.3, 0.4) is 0 Å². The molecule has 2 aromatic carbocycles. The molecule has 128 valence electrons. The largest absolute Gasteiger partial charge is 0.365 e. The molecule has 3 aromatic rings. The van der Waals surface area contributed by atoms with Gasteiger partial charge < -0.3 is 9.80 Å². The van der Waals surface area contributed by atoms with Crippen molar-refractivity contribution in [1.82, 2.24) is 9.88 Å². The third-order valence-electron chi connectivity index (χ3n) is 4.41. The number of fused-ring (bicyclic) bond motifs is 2. The Labute approximate surface area is 151 Å². The highest BCUT2D eigenvalue weighted by Gasteiger charge is 2.21. The molecule has 0 atom stereocenters. The van der Waals surface area contributed by atoms with Gasteiger partial charge in [-0.05, 0) is 56.1 Å². The van der Waals surface area contributed by atoms with E-state index in [2.05, 4.69) is 36.0 Å². The van der Waals surface area contributed by atoms with Crippen molar-refractivity contribution in [3.05, 3.63) is 58.9 Å². The SMILES string of the molecule is CN(C)CCN1CC(c2nc3ccccc3s2)=Cc2ccc(F)cc21. The molecule has 0 unspecified atom stereocenters. The summed E-state index contributed by atoms with van der Waals surface area (Å²) >= 11 is 1.72. The molecular weight excluding hydrogens is 333 g/mol. The Morgan fingerprint density at radius 2 is 2.04 bits per heavy atom. The lowest BCUT2D eigenvalue weighted by molar-refractivity contribution is 0.415. The Morgan fingerprint density at radius 1 is 1.20 bits per heavy atom. The normalized spacial score (nSPS) is 14.1. The van der Waals surface area contributed by atoms with Crippen molar-refractivity contribution in [2.75, 3.05) is 38.6 Å².